The quantitative estimate of drug-likeness (QED) is 0.251. The van der Waals surface area contributed by atoms with Gasteiger partial charge in [0.2, 0.25) is 0 Å². The molecule has 0 aliphatic heterocycles. The summed E-state index contributed by atoms with van der Waals surface area (Å²) in [7, 11) is 1.58. The Morgan fingerprint density at radius 3 is 2.62 bits per heavy atom. The minimum atomic E-state index is -0.284. The average Bonchev–Trinajstić information content (AvgIpc) is 2.97. The Morgan fingerprint density at radius 2 is 1.93 bits per heavy atom. The van der Waals surface area contributed by atoms with Gasteiger partial charge in [-0.05, 0) is 91.4 Å². The van der Waals surface area contributed by atoms with Gasteiger partial charge in [-0.1, -0.05) is 15.9 Å². The molecule has 1 heterocycles. The van der Waals surface area contributed by atoms with E-state index in [1.807, 2.05) is 19.1 Å². The highest BCUT2D eigenvalue weighted by molar-refractivity contribution is 14.1. The van der Waals surface area contributed by atoms with Crippen molar-refractivity contribution >= 4 is 50.6 Å². The zero-order chi connectivity index (χ0) is 21.1. The van der Waals surface area contributed by atoms with Crippen molar-refractivity contribution in [1.29, 1.82) is 0 Å². The van der Waals surface area contributed by atoms with Crippen LogP contribution in [0.4, 0.5) is 0 Å². The molecule has 0 bridgehead atoms. The van der Waals surface area contributed by atoms with E-state index >= 15 is 0 Å². The van der Waals surface area contributed by atoms with Gasteiger partial charge in [0.05, 0.1) is 16.9 Å². The molecule has 29 heavy (non-hydrogen) atoms. The molecule has 0 aliphatic carbocycles. The lowest BCUT2D eigenvalue weighted by Crippen LogP contribution is -2.17. The van der Waals surface area contributed by atoms with Crippen LogP contribution < -0.4 is 10.2 Å². The van der Waals surface area contributed by atoms with Gasteiger partial charge >= 0.3 is 0 Å². The van der Waals surface area contributed by atoms with Gasteiger partial charge in [-0.15, -0.1) is 0 Å². The maximum Gasteiger partial charge on any atom is 0.271 e. The number of amides is 1. The molecule has 0 saturated heterocycles. The molecule has 0 saturated carbocycles. The van der Waals surface area contributed by atoms with Gasteiger partial charge in [-0.2, -0.15) is 5.10 Å². The lowest BCUT2D eigenvalue weighted by molar-refractivity contribution is 0.0954. The van der Waals surface area contributed by atoms with E-state index in [0.29, 0.717) is 11.3 Å². The Kier molecular flexibility index (Phi) is 6.79. The summed E-state index contributed by atoms with van der Waals surface area (Å²) in [6, 6.07) is 13.6. The first-order valence-corrected chi connectivity index (χ1v) is 10.8. The van der Waals surface area contributed by atoms with Crippen molar-refractivity contribution in [3.63, 3.8) is 0 Å². The van der Waals surface area contributed by atoms with Gasteiger partial charge < -0.3 is 9.30 Å². The summed E-state index contributed by atoms with van der Waals surface area (Å²) in [5, 5.41) is 4.15. The summed E-state index contributed by atoms with van der Waals surface area (Å²) in [4.78, 5) is 12.4. The second kappa shape index (κ2) is 9.13. The number of rotatable bonds is 5. The summed E-state index contributed by atoms with van der Waals surface area (Å²) < 4.78 is 9.47. The largest absolute Gasteiger partial charge is 0.496 e. The van der Waals surface area contributed by atoms with Crippen molar-refractivity contribution < 1.29 is 9.53 Å². The number of nitrogens with zero attached hydrogens (tertiary/aromatic N) is 2. The molecule has 0 aliphatic rings. The van der Waals surface area contributed by atoms with Crippen molar-refractivity contribution in [1.82, 2.24) is 9.99 Å². The molecular weight excluding hydrogens is 545 g/mol. The van der Waals surface area contributed by atoms with Gasteiger partial charge in [0.1, 0.15) is 5.75 Å². The number of aryl methyl sites for hydroxylation is 2. The fraction of sp³-hybridized carbons (Fsp3) is 0.182. The standard InChI is InChI=1S/C22H21BrIN3O2/c1-13-9-18(6-7-19(13)23)27-14(2)10-17(15(27)3)12-25-26-22(28)16-5-8-20(24)21(11-16)29-4/h5-12H,1-4H3,(H,26,28)/b25-12-. The van der Waals surface area contributed by atoms with Crippen molar-refractivity contribution in [2.75, 3.05) is 7.11 Å². The number of ether oxygens (including phenoxy) is 1. The number of halogens is 2. The smallest absolute Gasteiger partial charge is 0.271 e. The molecule has 1 N–H and O–H groups in total. The molecule has 1 aromatic heterocycles. The number of methoxy groups -OCH3 is 1. The van der Waals surface area contributed by atoms with E-state index in [-0.39, 0.29) is 5.91 Å². The van der Waals surface area contributed by atoms with Gasteiger partial charge in [0.15, 0.2) is 0 Å². The van der Waals surface area contributed by atoms with Crippen LogP contribution in [-0.4, -0.2) is 23.8 Å². The monoisotopic (exact) mass is 565 g/mol. The van der Waals surface area contributed by atoms with Crippen LogP contribution in [0, 0.1) is 24.3 Å². The SMILES string of the molecule is COc1cc(C(=O)N/N=C\c2cc(C)n(-c3ccc(Br)c(C)c3)c2C)ccc1I. The molecule has 0 fully saturated rings. The van der Waals surface area contributed by atoms with Gasteiger partial charge in [-0.3, -0.25) is 4.79 Å². The number of carbonyl (C=O) groups is 1. The van der Waals surface area contributed by atoms with Crippen LogP contribution in [0.25, 0.3) is 5.69 Å². The van der Waals surface area contributed by atoms with E-state index in [2.05, 4.69) is 85.7 Å². The number of hydrogen-bond donors (Lipinski definition) is 1. The Morgan fingerprint density at radius 1 is 1.17 bits per heavy atom. The molecule has 3 rings (SSSR count). The first-order valence-electron chi connectivity index (χ1n) is 8.94. The number of benzene rings is 2. The van der Waals surface area contributed by atoms with Crippen molar-refractivity contribution in [2.24, 2.45) is 5.10 Å². The first-order chi connectivity index (χ1) is 13.8. The lowest BCUT2D eigenvalue weighted by Gasteiger charge is -2.11. The number of hydrogen-bond acceptors (Lipinski definition) is 3. The number of nitrogens with one attached hydrogen (secondary N) is 1. The van der Waals surface area contributed by atoms with Gasteiger partial charge in [0.25, 0.3) is 5.91 Å². The molecule has 0 spiro atoms. The number of carbonyl (C=O) groups excluding carboxylic acids is 1. The van der Waals surface area contributed by atoms with Crippen molar-refractivity contribution in [2.45, 2.75) is 20.8 Å². The van der Waals surface area contributed by atoms with E-state index in [1.54, 1.807) is 25.5 Å². The fourth-order valence-electron chi connectivity index (χ4n) is 3.11. The molecule has 0 radical (unpaired) electrons. The van der Waals surface area contributed by atoms with E-state index in [0.717, 1.165) is 30.7 Å². The Balaban J connectivity index is 1.79. The molecule has 0 unspecified atom stereocenters. The van der Waals surface area contributed by atoms with Crippen LogP contribution in [0.15, 0.2) is 52.0 Å². The average molecular weight is 566 g/mol. The minimum absolute atomic E-state index is 0.284. The Bertz CT molecular complexity index is 1110. The summed E-state index contributed by atoms with van der Waals surface area (Å²) in [5.74, 6) is 0.379. The summed E-state index contributed by atoms with van der Waals surface area (Å²) in [6.07, 6.45) is 1.67. The van der Waals surface area contributed by atoms with Gasteiger partial charge in [-0.25, -0.2) is 5.43 Å². The van der Waals surface area contributed by atoms with E-state index in [9.17, 15) is 4.79 Å². The van der Waals surface area contributed by atoms with Gasteiger partial charge in [0, 0.05) is 32.7 Å². The predicted octanol–water partition coefficient (Wildman–Crippen LogP) is 5.54. The third-order valence-electron chi connectivity index (χ3n) is 4.65. The topological polar surface area (TPSA) is 55.6 Å². The highest BCUT2D eigenvalue weighted by Crippen LogP contribution is 2.24. The zero-order valence-electron chi connectivity index (χ0n) is 16.6. The summed E-state index contributed by atoms with van der Waals surface area (Å²) >= 11 is 5.71. The molecule has 1 amide bonds. The fourth-order valence-corrected chi connectivity index (χ4v) is 3.91. The highest BCUT2D eigenvalue weighted by atomic mass is 127. The molecule has 3 aromatic rings. The minimum Gasteiger partial charge on any atom is -0.496 e. The zero-order valence-corrected chi connectivity index (χ0v) is 20.3. The Labute approximate surface area is 192 Å². The third kappa shape index (κ3) is 4.72. The lowest BCUT2D eigenvalue weighted by atomic mass is 10.2. The third-order valence-corrected chi connectivity index (χ3v) is 6.43. The van der Waals surface area contributed by atoms with Crippen molar-refractivity contribution in [3.05, 3.63) is 78.6 Å². The van der Waals surface area contributed by atoms with E-state index in [1.165, 1.54) is 5.56 Å². The number of aromatic nitrogens is 1. The molecule has 0 atom stereocenters. The summed E-state index contributed by atoms with van der Waals surface area (Å²) in [6.45, 7) is 6.16. The molecule has 2 aromatic carbocycles. The van der Waals surface area contributed by atoms with Crippen LogP contribution in [0.2, 0.25) is 0 Å². The maximum atomic E-state index is 12.4. The highest BCUT2D eigenvalue weighted by Gasteiger charge is 2.11. The Hall–Kier alpha value is -2.13. The second-order valence-corrected chi connectivity index (χ2v) is 8.66. The van der Waals surface area contributed by atoms with Crippen molar-refractivity contribution in [3.8, 4) is 11.4 Å². The molecule has 5 nitrogen and oxygen atoms in total. The van der Waals surface area contributed by atoms with E-state index in [4.69, 9.17) is 4.74 Å². The first kappa shape index (κ1) is 21.6. The van der Waals surface area contributed by atoms with Crippen LogP contribution in [-0.2, 0) is 0 Å². The molecule has 150 valence electrons. The van der Waals surface area contributed by atoms with E-state index < -0.39 is 0 Å². The second-order valence-electron chi connectivity index (χ2n) is 6.64. The van der Waals surface area contributed by atoms with Crippen LogP contribution in [0.1, 0.15) is 32.9 Å². The predicted molar refractivity (Wildman–Crippen MR) is 128 cm³/mol. The van der Waals surface area contributed by atoms with Crippen LogP contribution >= 0.6 is 38.5 Å². The molecular formula is C22H21BrIN3O2. The van der Waals surface area contributed by atoms with Crippen LogP contribution in [0.3, 0.4) is 0 Å². The molecule has 7 heteroatoms. The summed E-state index contributed by atoms with van der Waals surface area (Å²) in [5.41, 5.74) is 8.45. The normalized spacial score (nSPS) is 11.1. The maximum absolute atomic E-state index is 12.4. The van der Waals surface area contributed by atoms with Crippen LogP contribution in [0.5, 0.6) is 5.75 Å². The number of hydrazone groups is 1.